The van der Waals surface area contributed by atoms with Crippen LogP contribution in [0.25, 0.3) is 0 Å². The van der Waals surface area contributed by atoms with Gasteiger partial charge in [0, 0.05) is 29.8 Å². The molecule has 0 saturated carbocycles. The Hall–Kier alpha value is -1.98. The Bertz CT molecular complexity index is 576. The summed E-state index contributed by atoms with van der Waals surface area (Å²) >= 11 is 0. The number of rotatable bonds is 4. The van der Waals surface area contributed by atoms with Crippen LogP contribution in [0.2, 0.25) is 0 Å². The van der Waals surface area contributed by atoms with Crippen LogP contribution in [0.3, 0.4) is 0 Å². The van der Waals surface area contributed by atoms with Crippen LogP contribution in [-0.4, -0.2) is 43.9 Å². The first-order chi connectivity index (χ1) is 9.11. The molecule has 0 atom stereocenters. The van der Waals surface area contributed by atoms with Crippen LogP contribution in [0.5, 0.6) is 5.75 Å². The third kappa shape index (κ3) is 2.18. The minimum absolute atomic E-state index is 0.109. The molecular formula is C14H16N2O3. The summed E-state index contributed by atoms with van der Waals surface area (Å²) in [6, 6.07) is 4.56. The Morgan fingerprint density at radius 1 is 1.00 bits per heavy atom. The van der Waals surface area contributed by atoms with Crippen LogP contribution in [0.15, 0.2) is 29.3 Å². The van der Waals surface area contributed by atoms with Gasteiger partial charge in [0.25, 0.3) is 0 Å². The van der Waals surface area contributed by atoms with Crippen molar-refractivity contribution in [2.75, 3.05) is 27.2 Å². The third-order valence-corrected chi connectivity index (χ3v) is 3.13. The van der Waals surface area contributed by atoms with Crippen LogP contribution in [-0.2, 0) is 0 Å². The Morgan fingerprint density at radius 3 is 2.16 bits per heavy atom. The maximum absolute atomic E-state index is 12.4. The van der Waals surface area contributed by atoms with E-state index in [0.717, 1.165) is 0 Å². The quantitative estimate of drug-likeness (QED) is 0.735. The van der Waals surface area contributed by atoms with E-state index in [1.54, 1.807) is 26.2 Å². The Balaban J connectivity index is 2.62. The Labute approximate surface area is 111 Å². The summed E-state index contributed by atoms with van der Waals surface area (Å²) in [7, 11) is 3.43. The van der Waals surface area contributed by atoms with Gasteiger partial charge in [0.15, 0.2) is 11.6 Å². The molecule has 0 spiro atoms. The fourth-order valence-corrected chi connectivity index (χ4v) is 2.28. The van der Waals surface area contributed by atoms with Gasteiger partial charge in [0.2, 0.25) is 0 Å². The minimum Gasteiger partial charge on any atom is -0.507 e. The second-order valence-corrected chi connectivity index (χ2v) is 4.38. The van der Waals surface area contributed by atoms with Gasteiger partial charge in [0.05, 0.1) is 5.56 Å². The number of Topliss-reactive ketones (excluding diaryl/α,β-unsaturated/α-hetero) is 2. The normalized spacial score (nSPS) is 14.8. The molecule has 0 heterocycles. The second-order valence-electron chi connectivity index (χ2n) is 4.38. The molecule has 1 aromatic rings. The van der Waals surface area contributed by atoms with Crippen molar-refractivity contribution in [1.29, 1.82) is 0 Å². The Kier molecular flexibility index (Phi) is 3.78. The summed E-state index contributed by atoms with van der Waals surface area (Å²) in [5.74, 6) is -0.634. The zero-order valence-corrected chi connectivity index (χ0v) is 10.9. The molecule has 1 aromatic carbocycles. The lowest BCUT2D eigenvalue weighted by Crippen LogP contribution is -2.31. The van der Waals surface area contributed by atoms with E-state index < -0.39 is 0 Å². The van der Waals surface area contributed by atoms with Gasteiger partial charge in [-0.2, -0.15) is 0 Å². The maximum Gasteiger partial charge on any atom is 0.195 e. The predicted octanol–water partition coefficient (Wildman–Crippen LogP) is 0.507. The van der Waals surface area contributed by atoms with Crippen LogP contribution in [0.4, 0.5) is 0 Å². The van der Waals surface area contributed by atoms with Crippen LogP contribution in [0, 0.1) is 0 Å². The number of nitrogens with one attached hydrogen (secondary N) is 2. The zero-order chi connectivity index (χ0) is 14.0. The number of benzene rings is 1. The van der Waals surface area contributed by atoms with Gasteiger partial charge < -0.3 is 15.7 Å². The molecule has 5 heteroatoms. The van der Waals surface area contributed by atoms with E-state index in [1.807, 2.05) is 0 Å². The van der Waals surface area contributed by atoms with E-state index in [-0.39, 0.29) is 28.4 Å². The first-order valence-electron chi connectivity index (χ1n) is 6.04. The third-order valence-electron chi connectivity index (χ3n) is 3.13. The molecule has 100 valence electrons. The first kappa shape index (κ1) is 13.5. The number of phenols is 1. The molecule has 0 saturated heterocycles. The molecule has 19 heavy (non-hydrogen) atoms. The molecule has 0 fully saturated rings. The minimum atomic E-state index is -0.285. The average Bonchev–Trinajstić information content (AvgIpc) is 2.39. The lowest BCUT2D eigenvalue weighted by atomic mass is 9.83. The molecular weight excluding hydrogens is 244 g/mol. The van der Waals surface area contributed by atoms with Crippen molar-refractivity contribution < 1.29 is 14.7 Å². The van der Waals surface area contributed by atoms with Gasteiger partial charge in [-0.25, -0.2) is 0 Å². The van der Waals surface area contributed by atoms with Crippen LogP contribution >= 0.6 is 0 Å². The largest absolute Gasteiger partial charge is 0.507 e. The van der Waals surface area contributed by atoms with Crippen molar-refractivity contribution >= 4 is 11.6 Å². The highest BCUT2D eigenvalue weighted by atomic mass is 16.3. The number of likely N-dealkylation sites (N-methyl/N-ethyl adjacent to an activating group) is 2. The summed E-state index contributed by atoms with van der Waals surface area (Å²) in [5, 5.41) is 15.6. The number of hydrogen-bond donors (Lipinski definition) is 3. The van der Waals surface area contributed by atoms with Gasteiger partial charge >= 0.3 is 0 Å². The van der Waals surface area contributed by atoms with Gasteiger partial charge in [0.1, 0.15) is 5.75 Å². The van der Waals surface area contributed by atoms with Crippen molar-refractivity contribution in [3.63, 3.8) is 0 Å². The number of phenolic OH excluding ortho intramolecular Hbond substituents is 1. The highest BCUT2D eigenvalue weighted by Gasteiger charge is 2.33. The number of carbonyl (C=O) groups excluding carboxylic acids is 2. The van der Waals surface area contributed by atoms with E-state index in [4.69, 9.17) is 0 Å². The molecule has 0 aromatic heterocycles. The summed E-state index contributed by atoms with van der Waals surface area (Å²) in [6.07, 6.45) is 0. The van der Waals surface area contributed by atoms with Crippen LogP contribution in [0.1, 0.15) is 20.7 Å². The van der Waals surface area contributed by atoms with Gasteiger partial charge in [-0.3, -0.25) is 9.59 Å². The summed E-state index contributed by atoms with van der Waals surface area (Å²) in [5.41, 5.74) is 1.25. The van der Waals surface area contributed by atoms with Crippen LogP contribution < -0.4 is 10.6 Å². The number of fused-ring (bicyclic) bond motifs is 1. The average molecular weight is 260 g/mol. The Morgan fingerprint density at radius 2 is 1.58 bits per heavy atom. The van der Waals surface area contributed by atoms with E-state index in [2.05, 4.69) is 10.6 Å². The molecule has 0 aliphatic heterocycles. The topological polar surface area (TPSA) is 78.4 Å². The first-order valence-corrected chi connectivity index (χ1v) is 6.04. The molecule has 0 bridgehead atoms. The van der Waals surface area contributed by atoms with E-state index >= 15 is 0 Å². The number of hydrogen-bond acceptors (Lipinski definition) is 5. The van der Waals surface area contributed by atoms with Gasteiger partial charge in [-0.1, -0.05) is 12.1 Å². The zero-order valence-electron chi connectivity index (χ0n) is 10.9. The summed E-state index contributed by atoms with van der Waals surface area (Å²) in [4.78, 5) is 24.8. The van der Waals surface area contributed by atoms with Gasteiger partial charge in [-0.15, -0.1) is 0 Å². The fraction of sp³-hybridized carbons (Fsp3) is 0.286. The van der Waals surface area contributed by atoms with Crippen molar-refractivity contribution in [2.45, 2.75) is 0 Å². The highest BCUT2D eigenvalue weighted by Crippen LogP contribution is 2.31. The van der Waals surface area contributed by atoms with Crippen molar-refractivity contribution in [3.8, 4) is 5.75 Å². The highest BCUT2D eigenvalue weighted by molar-refractivity contribution is 6.28. The second kappa shape index (κ2) is 5.34. The molecule has 0 unspecified atom stereocenters. The monoisotopic (exact) mass is 260 g/mol. The van der Waals surface area contributed by atoms with Crippen molar-refractivity contribution in [3.05, 3.63) is 40.5 Å². The molecule has 3 N–H and O–H groups in total. The lowest BCUT2D eigenvalue weighted by Gasteiger charge is -2.21. The summed E-state index contributed by atoms with van der Waals surface area (Å²) < 4.78 is 0. The number of carbonyl (C=O) groups is 2. The van der Waals surface area contributed by atoms with E-state index in [9.17, 15) is 14.7 Å². The molecule has 1 aliphatic rings. The molecule has 0 radical (unpaired) electrons. The smallest absolute Gasteiger partial charge is 0.195 e. The van der Waals surface area contributed by atoms with E-state index in [1.165, 1.54) is 6.07 Å². The number of ketones is 2. The SMILES string of the molecule is CNCC1=C(CNC)C(=O)c2c(O)cccc2C1=O. The van der Waals surface area contributed by atoms with Crippen molar-refractivity contribution in [1.82, 2.24) is 10.6 Å². The summed E-state index contributed by atoms with van der Waals surface area (Å²) in [6.45, 7) is 0.631. The molecule has 5 nitrogen and oxygen atoms in total. The predicted molar refractivity (Wildman–Crippen MR) is 71.6 cm³/mol. The number of aromatic hydroxyl groups is 1. The lowest BCUT2D eigenvalue weighted by molar-refractivity contribution is 0.0968. The molecule has 1 aliphatic carbocycles. The van der Waals surface area contributed by atoms with E-state index in [0.29, 0.717) is 24.2 Å². The molecule has 2 rings (SSSR count). The maximum atomic E-state index is 12.4. The molecule has 0 amide bonds. The standard InChI is InChI=1S/C14H16N2O3/c1-15-6-9-10(7-16-2)14(19)12-8(13(9)18)4-3-5-11(12)17/h3-5,15-17H,6-7H2,1-2H3. The van der Waals surface area contributed by atoms with Gasteiger partial charge in [-0.05, 0) is 20.2 Å². The fourth-order valence-electron chi connectivity index (χ4n) is 2.28. The van der Waals surface area contributed by atoms with Crippen molar-refractivity contribution in [2.24, 2.45) is 0 Å².